The maximum Gasteiger partial charge on any atom is 0.330 e. The summed E-state index contributed by atoms with van der Waals surface area (Å²) in [6.07, 6.45) is 26.8. The largest absolute Gasteiger partial charge is 0.335 e. The summed E-state index contributed by atoms with van der Waals surface area (Å²) in [5.41, 5.74) is 10.1. The Labute approximate surface area is 808 Å². The summed E-state index contributed by atoms with van der Waals surface area (Å²) in [5, 5.41) is 8.31. The third-order valence-corrected chi connectivity index (χ3v) is 27.6. The van der Waals surface area contributed by atoms with Gasteiger partial charge in [-0.2, -0.15) is 10.2 Å². The van der Waals surface area contributed by atoms with Gasteiger partial charge in [0, 0.05) is 169 Å². The van der Waals surface area contributed by atoms with Crippen LogP contribution < -0.4 is 49.9 Å². The summed E-state index contributed by atoms with van der Waals surface area (Å²) in [7, 11) is 0. The first-order valence-electron chi connectivity index (χ1n) is 45.6. The number of ketones is 1. The van der Waals surface area contributed by atoms with Crippen LogP contribution in [0.2, 0.25) is 4.34 Å². The van der Waals surface area contributed by atoms with Gasteiger partial charge in [-0.15, -0.1) is 22.7 Å². The quantitative estimate of drug-likeness (QED) is 0.0413. The fraction of sp³-hybridized carbons (Fsp3) is 0.284. The van der Waals surface area contributed by atoms with Crippen molar-refractivity contribution < 1.29 is 9.59 Å². The predicted octanol–water partition coefficient (Wildman–Crippen LogP) is 9.53. The molecule has 0 unspecified atom stereocenters. The highest BCUT2D eigenvalue weighted by Gasteiger charge is 2.28. The Kier molecular flexibility index (Phi) is 25.2. The van der Waals surface area contributed by atoms with Crippen LogP contribution in [-0.4, -0.2) is 162 Å². The van der Waals surface area contributed by atoms with E-state index in [-0.39, 0.29) is 11.7 Å². The molecule has 0 bridgehead atoms. The Bertz CT molecular complexity index is 8720. The molecule has 2 aliphatic rings. The van der Waals surface area contributed by atoms with Crippen LogP contribution in [0.5, 0.6) is 0 Å². The topological polar surface area (TPSA) is 459 Å². The van der Waals surface area contributed by atoms with Crippen molar-refractivity contribution in [3.63, 3.8) is 0 Å². The maximum atomic E-state index is 13.0. The molecule has 19 heterocycles. The van der Waals surface area contributed by atoms with Gasteiger partial charge >= 0.3 is 22.8 Å². The van der Waals surface area contributed by atoms with Gasteiger partial charge in [0.2, 0.25) is 5.91 Å². The minimum atomic E-state index is -0.476. The molecule has 4 N–H and O–H groups in total. The molecule has 0 atom stereocenters. The van der Waals surface area contributed by atoms with E-state index in [0.717, 1.165) is 127 Å². The summed E-state index contributed by atoms with van der Waals surface area (Å²) in [6, 6.07) is 31.3. The number of nitrogens with zero attached hydrogens (tertiary/aromatic N) is 27. The number of fused-ring (bicyclic) bond motifs is 8. The SMILES string of the molecule is CCn1c(=O)[nH]c(=O)c2c1nc(Cc1cn3c(n1)CCCC3)n2Cc1ccc(-n2cncn2)cc1.CCn1c(=O)[nH]c(=O)c2c1nc(Cc1cn3cc(C)sc3n1)n2Cc1ccc(CC(C)=O)cc1.CCn1c(=O)[nH]c(=O)c2c1nc(Cc1cn3cc(C)sc3n1)n2Cc1ccc(N2CCCC2=O)cc1.CCn1c(=O)[nH]c(=O)c2c1nc(Cc1cn3cc(Cl)sc3n1)n2Cc1ccc(-n2cncn2)cc1. The summed E-state index contributed by atoms with van der Waals surface area (Å²) in [6.45, 7) is 18.0. The number of hydrogen-bond acceptors (Lipinski definition) is 25. The predicted molar refractivity (Wildman–Crippen MR) is 529 cm³/mol. The molecule has 0 radical (unpaired) electrons. The molecule has 0 saturated carbocycles. The summed E-state index contributed by atoms with van der Waals surface area (Å²) < 4.78 is 25.5. The lowest BCUT2D eigenvalue weighted by atomic mass is 10.1. The Hall–Kier alpha value is -16.1. The van der Waals surface area contributed by atoms with Crippen LogP contribution >= 0.6 is 45.6 Å². The number of rotatable bonds is 25. The lowest BCUT2D eigenvalue weighted by molar-refractivity contribution is -0.117. The number of Topliss-reactive ketones (excluding diaryl/α,β-unsaturated/α-hetero) is 1. The number of hydrogen-bond donors (Lipinski definition) is 4. The number of aromatic amines is 4. The number of aromatic nitrogens is 30. The molecule has 2 aliphatic heterocycles. The third kappa shape index (κ3) is 18.4. The van der Waals surface area contributed by atoms with Gasteiger partial charge in [-0.1, -0.05) is 83.6 Å². The van der Waals surface area contributed by atoms with Crippen molar-refractivity contribution in [3.05, 3.63) is 343 Å². The summed E-state index contributed by atoms with van der Waals surface area (Å²) in [4.78, 5) is 187. The van der Waals surface area contributed by atoms with Crippen molar-refractivity contribution in [2.75, 3.05) is 11.4 Å². The van der Waals surface area contributed by atoms with E-state index in [2.05, 4.69) is 55.8 Å². The smallest absolute Gasteiger partial charge is 0.330 e. The number of thiazole rings is 3. The highest BCUT2D eigenvalue weighted by molar-refractivity contribution is 7.20. The zero-order chi connectivity index (χ0) is 97.0. The first kappa shape index (κ1) is 91.7. The normalized spacial score (nSPS) is 12.7. The molecule has 41 nitrogen and oxygen atoms in total. The monoisotopic (exact) mass is 1960 g/mol. The standard InChI is InChI=1S/C25H25N7O3S.C24H25N9O2.C24H24N6O3S.C22H18ClN9O2S/c1-3-30-22-21(23(34)28-24(30)35)32(13-16-6-8-18(9-7-16)31-10-4-5-20(31)33)19(27-22)11-17-14-29-12-15(2)36-25(29)26-17;1-2-31-22-21(23(34)29-24(31)35)32(12-16-6-8-18(9-7-16)33-15-25-14-26-33)20(28-22)11-17-13-30-10-4-3-5-19(30)27-17;1-4-29-21-20(22(32)27-23(29)33)30(12-17-7-5-16(6-8-17)9-14(2)31)19(26-21)10-18-13-28-11-15(3)34-24(28)25-18;1-2-30-19-18(20(33)28-21(30)34)31(8-13-3-5-15(6-4-13)32-12-24-11-25-32)17(27-19)7-14-9-29-10-16(23)35-22(29)26-14/h6-9,12,14H,3-5,10-11,13H2,1-2H3,(H,28,34,35);6-9,13-15H,2-5,10-12H2,1H3,(H,29,34,35);5-8,11,13H,4,9-10,12H2,1-3H3,(H,27,32,33);3-6,9-12H,2,7-8H2,1H3,(H,28,33,34). The van der Waals surface area contributed by atoms with Crippen LogP contribution in [0.15, 0.2) is 204 Å². The molecule has 1 fully saturated rings. The number of anilines is 1. The number of aryl methyl sites for hydroxylation is 8. The van der Waals surface area contributed by atoms with Crippen molar-refractivity contribution in [1.29, 1.82) is 0 Å². The average molecular weight is 1960 g/mol. The first-order valence-corrected chi connectivity index (χ1v) is 48.5. The lowest BCUT2D eigenvalue weighted by Gasteiger charge is -2.16. The molecule has 712 valence electrons. The van der Waals surface area contributed by atoms with Crippen LogP contribution in [0.25, 0.3) is 70.9 Å². The summed E-state index contributed by atoms with van der Waals surface area (Å²) in [5.74, 6) is 4.00. The second-order valence-corrected chi connectivity index (χ2v) is 38.2. The van der Waals surface area contributed by atoms with E-state index in [1.165, 1.54) is 52.0 Å². The molecule has 0 aliphatic carbocycles. The van der Waals surface area contributed by atoms with Crippen molar-refractivity contribution >= 4 is 123 Å². The average Bonchev–Trinajstić information content (AvgIpc) is 1.61. The molecular weight excluding hydrogens is 1870 g/mol. The molecule has 1 amide bonds. The fourth-order valence-electron chi connectivity index (χ4n) is 18.1. The van der Waals surface area contributed by atoms with E-state index < -0.39 is 45.0 Å². The van der Waals surface area contributed by atoms with Crippen LogP contribution in [-0.2, 0) is 107 Å². The van der Waals surface area contributed by atoms with Gasteiger partial charge in [-0.25, -0.2) is 78.4 Å². The Morgan fingerprint density at radius 1 is 0.379 bits per heavy atom. The van der Waals surface area contributed by atoms with Crippen LogP contribution in [0.3, 0.4) is 0 Å². The molecule has 4 aromatic carbocycles. The van der Waals surface area contributed by atoms with E-state index in [9.17, 15) is 47.9 Å². The van der Waals surface area contributed by atoms with Crippen LogP contribution in [0.4, 0.5) is 5.69 Å². The lowest BCUT2D eigenvalue weighted by Crippen LogP contribution is -2.30. The number of H-pyrrole nitrogens is 4. The molecule has 0 spiro atoms. The van der Waals surface area contributed by atoms with Gasteiger partial charge in [0.15, 0.2) is 59.5 Å². The molecule has 1 saturated heterocycles. The fourth-order valence-corrected chi connectivity index (χ4v) is 20.8. The molecular formula is C95H92ClN31O10S3. The number of benzene rings is 4. The van der Waals surface area contributed by atoms with E-state index >= 15 is 0 Å². The van der Waals surface area contributed by atoms with Gasteiger partial charge in [0.05, 0.1) is 34.2 Å². The minimum Gasteiger partial charge on any atom is -0.335 e. The van der Waals surface area contributed by atoms with Crippen molar-refractivity contribution in [2.45, 2.75) is 172 Å². The molecule has 45 heteroatoms. The number of carbonyl (C=O) groups excluding carboxylic acids is 2. The van der Waals surface area contributed by atoms with Gasteiger partial charge in [-0.05, 0) is 132 Å². The Morgan fingerprint density at radius 2 is 0.729 bits per heavy atom. The van der Waals surface area contributed by atoms with Crippen molar-refractivity contribution in [3.8, 4) is 11.4 Å². The molecule has 140 heavy (non-hydrogen) atoms. The number of nitrogens with one attached hydrogen (secondary N) is 4. The van der Waals surface area contributed by atoms with Gasteiger partial charge in [0.1, 0.15) is 64.6 Å². The zero-order valence-corrected chi connectivity index (χ0v) is 80.2. The Morgan fingerprint density at radius 3 is 1.06 bits per heavy atom. The van der Waals surface area contributed by atoms with Gasteiger partial charge < -0.3 is 27.7 Å². The van der Waals surface area contributed by atoms with E-state index in [4.69, 9.17) is 46.5 Å². The third-order valence-electron chi connectivity index (χ3n) is 24.7. The van der Waals surface area contributed by atoms with Crippen molar-refractivity contribution in [1.82, 2.24) is 144 Å². The van der Waals surface area contributed by atoms with Crippen LogP contribution in [0.1, 0.15) is 150 Å². The summed E-state index contributed by atoms with van der Waals surface area (Å²) >= 11 is 10.7. The maximum absolute atomic E-state index is 13.0. The molecule has 23 rings (SSSR count). The van der Waals surface area contributed by atoms with Crippen molar-refractivity contribution in [2.24, 2.45) is 0 Å². The first-order chi connectivity index (χ1) is 67.8. The van der Waals surface area contributed by atoms with E-state index in [1.54, 1.807) is 62.7 Å². The molecule has 17 aromatic heterocycles. The number of carbonyl (C=O) groups is 2. The Balaban J connectivity index is 0.000000115. The number of amides is 1. The second kappa shape index (κ2) is 38.5. The highest BCUT2D eigenvalue weighted by Crippen LogP contribution is 2.30. The van der Waals surface area contributed by atoms with Gasteiger partial charge in [0.25, 0.3) is 22.2 Å². The van der Waals surface area contributed by atoms with Crippen LogP contribution in [0, 0.1) is 13.8 Å². The number of imidazole rings is 8. The highest BCUT2D eigenvalue weighted by atomic mass is 35.5. The zero-order valence-electron chi connectivity index (χ0n) is 77.0. The van der Waals surface area contributed by atoms with E-state index in [1.807, 2.05) is 201 Å². The van der Waals surface area contributed by atoms with Gasteiger partial charge in [-0.3, -0.25) is 80.2 Å². The second-order valence-electron chi connectivity index (χ2n) is 34.2. The molecule has 21 aromatic rings. The minimum absolute atomic E-state index is 0.106. The number of halogens is 1. The van der Waals surface area contributed by atoms with E-state index in [0.29, 0.717) is 163 Å².